The van der Waals surface area contributed by atoms with Crippen molar-refractivity contribution < 1.29 is 9.53 Å². The number of nitrogens with one attached hydrogen (secondary N) is 2. The van der Waals surface area contributed by atoms with Crippen LogP contribution in [0.4, 0.5) is 0 Å². The molecular weight excluding hydrogens is 264 g/mol. The van der Waals surface area contributed by atoms with E-state index in [9.17, 15) is 4.79 Å². The van der Waals surface area contributed by atoms with Gasteiger partial charge in [0.2, 0.25) is 0 Å². The van der Waals surface area contributed by atoms with Gasteiger partial charge in [-0.25, -0.2) is 0 Å². The third kappa shape index (κ3) is 6.27. The van der Waals surface area contributed by atoms with Crippen molar-refractivity contribution in [2.24, 2.45) is 0 Å². The molecule has 0 atom stereocenters. The van der Waals surface area contributed by atoms with Gasteiger partial charge in [-0.1, -0.05) is 24.8 Å². The molecule has 1 rings (SSSR count). The topological polar surface area (TPSA) is 50.4 Å². The number of amides is 1. The Hall–Kier alpha value is -1.52. The maximum absolute atomic E-state index is 12.0. The molecule has 0 aliphatic heterocycles. The minimum Gasteiger partial charge on any atom is -0.489 e. The summed E-state index contributed by atoms with van der Waals surface area (Å²) in [4.78, 5) is 12.0. The van der Waals surface area contributed by atoms with Crippen molar-refractivity contribution in [3.63, 3.8) is 0 Å². The lowest BCUT2D eigenvalue weighted by atomic mass is 10.2. The van der Waals surface area contributed by atoms with Crippen LogP contribution in [0.25, 0.3) is 0 Å². The number of carbonyl (C=O) groups is 1. The Labute approximate surface area is 120 Å². The van der Waals surface area contributed by atoms with Gasteiger partial charge in [-0.2, -0.15) is 0 Å². The summed E-state index contributed by atoms with van der Waals surface area (Å²) in [7, 11) is 1.89. The van der Waals surface area contributed by atoms with E-state index in [2.05, 4.69) is 17.2 Å². The number of halogens is 1. The molecule has 0 aliphatic carbocycles. The molecule has 0 radical (unpaired) electrons. The molecule has 0 saturated heterocycles. The van der Waals surface area contributed by atoms with E-state index in [-0.39, 0.29) is 18.3 Å². The van der Waals surface area contributed by atoms with Crippen molar-refractivity contribution in [2.75, 3.05) is 26.7 Å². The summed E-state index contributed by atoms with van der Waals surface area (Å²) in [5.74, 6) is 0.481. The van der Waals surface area contributed by atoms with Gasteiger partial charge < -0.3 is 15.4 Å². The van der Waals surface area contributed by atoms with E-state index in [0.29, 0.717) is 24.5 Å². The fourth-order valence-electron chi connectivity index (χ4n) is 1.49. The molecule has 1 aromatic rings. The Morgan fingerprint density at radius 1 is 1.37 bits per heavy atom. The zero-order chi connectivity index (χ0) is 13.2. The van der Waals surface area contributed by atoms with Crippen molar-refractivity contribution in [3.8, 4) is 5.75 Å². The Morgan fingerprint density at radius 3 is 2.79 bits per heavy atom. The predicted octanol–water partition coefficient (Wildman–Crippen LogP) is 2.01. The second-order valence-corrected chi connectivity index (χ2v) is 3.81. The lowest BCUT2D eigenvalue weighted by Crippen LogP contribution is -2.27. The molecule has 0 fully saturated rings. The van der Waals surface area contributed by atoms with E-state index < -0.39 is 0 Å². The molecule has 0 spiro atoms. The first-order valence-corrected chi connectivity index (χ1v) is 6.05. The van der Waals surface area contributed by atoms with E-state index in [0.717, 1.165) is 13.0 Å². The highest BCUT2D eigenvalue weighted by atomic mass is 35.5. The minimum atomic E-state index is -0.106. The first-order valence-electron chi connectivity index (χ1n) is 6.05. The molecule has 19 heavy (non-hydrogen) atoms. The highest BCUT2D eigenvalue weighted by Gasteiger charge is 2.10. The van der Waals surface area contributed by atoms with Gasteiger partial charge in [-0.15, -0.1) is 12.4 Å². The highest BCUT2D eigenvalue weighted by molar-refractivity contribution is 5.96. The quantitative estimate of drug-likeness (QED) is 0.567. The molecule has 0 aromatic heterocycles. The summed E-state index contributed by atoms with van der Waals surface area (Å²) in [5, 5.41) is 5.90. The van der Waals surface area contributed by atoms with Crippen LogP contribution < -0.4 is 15.4 Å². The van der Waals surface area contributed by atoms with Crippen LogP contribution in [0, 0.1) is 0 Å². The number of rotatable bonds is 8. The normalized spacial score (nSPS) is 9.32. The van der Waals surface area contributed by atoms with E-state index in [1.807, 2.05) is 19.2 Å². The molecule has 0 bridgehead atoms. The monoisotopic (exact) mass is 284 g/mol. The number of ether oxygens (including phenoxy) is 1. The predicted molar refractivity (Wildman–Crippen MR) is 80.3 cm³/mol. The molecule has 4 nitrogen and oxygen atoms in total. The van der Waals surface area contributed by atoms with Crippen LogP contribution in [0.3, 0.4) is 0 Å². The fourth-order valence-corrected chi connectivity index (χ4v) is 1.49. The number of benzene rings is 1. The van der Waals surface area contributed by atoms with Gasteiger partial charge in [-0.3, -0.25) is 4.79 Å². The van der Waals surface area contributed by atoms with Crippen LogP contribution in [0.5, 0.6) is 5.75 Å². The molecule has 2 N–H and O–H groups in total. The molecular formula is C14H21ClN2O2. The van der Waals surface area contributed by atoms with Crippen molar-refractivity contribution in [3.05, 3.63) is 42.5 Å². The summed E-state index contributed by atoms with van der Waals surface area (Å²) >= 11 is 0. The average molecular weight is 285 g/mol. The van der Waals surface area contributed by atoms with E-state index in [4.69, 9.17) is 4.74 Å². The zero-order valence-electron chi connectivity index (χ0n) is 11.1. The van der Waals surface area contributed by atoms with Gasteiger partial charge in [0.15, 0.2) is 0 Å². The van der Waals surface area contributed by atoms with Gasteiger partial charge in [0, 0.05) is 6.54 Å². The molecule has 106 valence electrons. The van der Waals surface area contributed by atoms with Crippen LogP contribution >= 0.6 is 12.4 Å². The first kappa shape index (κ1) is 17.5. The molecule has 1 amide bonds. The smallest absolute Gasteiger partial charge is 0.255 e. The van der Waals surface area contributed by atoms with Crippen molar-refractivity contribution in [2.45, 2.75) is 6.42 Å². The Bertz CT molecular complexity index is 397. The molecule has 1 aromatic carbocycles. The minimum absolute atomic E-state index is 0. The van der Waals surface area contributed by atoms with Gasteiger partial charge in [0.25, 0.3) is 5.91 Å². The van der Waals surface area contributed by atoms with Crippen LogP contribution in [0.15, 0.2) is 36.9 Å². The van der Waals surface area contributed by atoms with Crippen LogP contribution in [-0.2, 0) is 0 Å². The zero-order valence-corrected chi connectivity index (χ0v) is 12.0. The van der Waals surface area contributed by atoms with Gasteiger partial charge in [0.1, 0.15) is 12.4 Å². The van der Waals surface area contributed by atoms with E-state index >= 15 is 0 Å². The highest BCUT2D eigenvalue weighted by Crippen LogP contribution is 2.17. The van der Waals surface area contributed by atoms with Crippen LogP contribution in [-0.4, -0.2) is 32.7 Å². The summed E-state index contributed by atoms with van der Waals surface area (Å²) in [6, 6.07) is 7.21. The second-order valence-electron chi connectivity index (χ2n) is 3.81. The Morgan fingerprint density at radius 2 is 2.11 bits per heavy atom. The van der Waals surface area contributed by atoms with Crippen molar-refractivity contribution >= 4 is 18.3 Å². The number of carbonyl (C=O) groups excluding carboxylic acids is 1. The maximum atomic E-state index is 12.0. The third-order valence-electron chi connectivity index (χ3n) is 2.38. The average Bonchev–Trinajstić information content (AvgIpc) is 2.41. The van der Waals surface area contributed by atoms with E-state index in [1.165, 1.54) is 0 Å². The molecule has 0 unspecified atom stereocenters. The molecule has 0 aliphatic rings. The largest absolute Gasteiger partial charge is 0.489 e. The number of hydrogen-bond donors (Lipinski definition) is 2. The number of para-hydroxylation sites is 1. The Kier molecular flexibility index (Phi) is 9.57. The molecule has 5 heteroatoms. The maximum Gasteiger partial charge on any atom is 0.255 e. The third-order valence-corrected chi connectivity index (χ3v) is 2.38. The fraction of sp³-hybridized carbons (Fsp3) is 0.357. The van der Waals surface area contributed by atoms with Crippen LogP contribution in [0.2, 0.25) is 0 Å². The summed E-state index contributed by atoms with van der Waals surface area (Å²) < 4.78 is 5.44. The molecule has 0 saturated carbocycles. The standard InChI is InChI=1S/C14H20N2O2.ClH/c1-3-11-18-13-8-5-4-7-12(13)14(17)16-10-6-9-15-2;/h3-5,7-8,15H,1,6,9-11H2,2H3,(H,16,17);1H. The summed E-state index contributed by atoms with van der Waals surface area (Å²) in [5.41, 5.74) is 0.559. The van der Waals surface area contributed by atoms with Gasteiger partial charge >= 0.3 is 0 Å². The summed E-state index contributed by atoms with van der Waals surface area (Å²) in [6.07, 6.45) is 2.56. The van der Waals surface area contributed by atoms with Gasteiger partial charge in [0.05, 0.1) is 5.56 Å². The SMILES string of the molecule is C=CCOc1ccccc1C(=O)NCCCNC.Cl. The van der Waals surface area contributed by atoms with Crippen molar-refractivity contribution in [1.29, 1.82) is 0 Å². The summed E-state index contributed by atoms with van der Waals surface area (Å²) in [6.45, 7) is 5.51. The number of hydrogen-bond acceptors (Lipinski definition) is 3. The Balaban J connectivity index is 0.00000324. The molecule has 0 heterocycles. The lowest BCUT2D eigenvalue weighted by molar-refractivity contribution is 0.0949. The van der Waals surface area contributed by atoms with Crippen LogP contribution in [0.1, 0.15) is 16.8 Å². The second kappa shape index (κ2) is 10.4. The van der Waals surface area contributed by atoms with Gasteiger partial charge in [-0.05, 0) is 32.1 Å². The van der Waals surface area contributed by atoms with E-state index in [1.54, 1.807) is 18.2 Å². The first-order chi connectivity index (χ1) is 8.79. The lowest BCUT2D eigenvalue weighted by Gasteiger charge is -2.10. The van der Waals surface area contributed by atoms with Crippen molar-refractivity contribution in [1.82, 2.24) is 10.6 Å².